The van der Waals surface area contributed by atoms with Crippen LogP contribution in [0.1, 0.15) is 85.5 Å². The maximum atomic E-state index is 17.6. The monoisotopic (exact) mass is 543 g/mol. The highest BCUT2D eigenvalue weighted by Crippen LogP contribution is 2.72. The van der Waals surface area contributed by atoms with Crippen LogP contribution in [-0.2, 0) is 19.1 Å². The zero-order valence-electron chi connectivity index (χ0n) is 24.1. The summed E-state index contributed by atoms with van der Waals surface area (Å²) in [5.74, 6) is -0.469. The summed E-state index contributed by atoms with van der Waals surface area (Å²) in [4.78, 5) is 28.7. The molecule has 1 heterocycles. The van der Waals surface area contributed by atoms with Crippen molar-refractivity contribution in [1.82, 2.24) is 4.90 Å². The molecule has 0 aromatic carbocycles. The lowest BCUT2D eigenvalue weighted by molar-refractivity contribution is -0.235. The standard InChI is InChI=1S/C32H46FNO5/c1-5-34(6-2)19-26(37)32-27(38-28(39-32)20-10-8-7-9-11-20)17-24-23-13-12-21-16-22(35)14-15-29(21,3)31(23,33)25(36)18-30(24,32)4/h14-16,20,23-25,27-28,36H,5-13,17-19H2,1-4H3/t23-,24-,25-,27+,28+,29-,30-,31-,32+/m0/s1. The molecule has 5 aliphatic carbocycles. The third kappa shape index (κ3) is 3.65. The number of Topliss-reactive ketones (excluding diaryl/α,β-unsaturated/α-hetero) is 1. The zero-order chi connectivity index (χ0) is 27.8. The van der Waals surface area contributed by atoms with Crippen LogP contribution in [0.15, 0.2) is 23.8 Å². The number of ketones is 2. The van der Waals surface area contributed by atoms with Gasteiger partial charge in [-0.05, 0) is 76.6 Å². The molecule has 9 atom stereocenters. The van der Waals surface area contributed by atoms with Gasteiger partial charge in [-0.3, -0.25) is 14.5 Å². The molecule has 1 N–H and O–H groups in total. The van der Waals surface area contributed by atoms with Crippen LogP contribution < -0.4 is 0 Å². The van der Waals surface area contributed by atoms with Gasteiger partial charge in [-0.25, -0.2) is 4.39 Å². The highest BCUT2D eigenvalue weighted by molar-refractivity contribution is 6.01. The molecule has 4 saturated carbocycles. The molecule has 6 nitrogen and oxygen atoms in total. The van der Waals surface area contributed by atoms with E-state index in [-0.39, 0.29) is 36.4 Å². The van der Waals surface area contributed by atoms with Gasteiger partial charge >= 0.3 is 0 Å². The first kappa shape index (κ1) is 27.7. The fourth-order valence-electron chi connectivity index (χ4n) is 9.87. The summed E-state index contributed by atoms with van der Waals surface area (Å²) in [6.45, 7) is 9.80. The van der Waals surface area contributed by atoms with Crippen molar-refractivity contribution in [3.8, 4) is 0 Å². The van der Waals surface area contributed by atoms with Gasteiger partial charge in [-0.1, -0.05) is 51.7 Å². The second-order valence-electron chi connectivity index (χ2n) is 13.6. The van der Waals surface area contributed by atoms with Crippen molar-refractivity contribution < 1.29 is 28.6 Å². The van der Waals surface area contributed by atoms with Crippen molar-refractivity contribution in [2.24, 2.45) is 28.6 Å². The Kier molecular flexibility index (Phi) is 6.81. The van der Waals surface area contributed by atoms with Crippen LogP contribution in [0.3, 0.4) is 0 Å². The molecule has 5 fully saturated rings. The average molecular weight is 544 g/mol. The first-order chi connectivity index (χ1) is 18.5. The van der Waals surface area contributed by atoms with Gasteiger partial charge in [0.2, 0.25) is 0 Å². The van der Waals surface area contributed by atoms with E-state index in [2.05, 4.69) is 25.7 Å². The number of ether oxygens (including phenoxy) is 2. The molecule has 0 aromatic heterocycles. The summed E-state index contributed by atoms with van der Waals surface area (Å²) in [5.41, 5.74) is -4.15. The van der Waals surface area contributed by atoms with Crippen molar-refractivity contribution in [3.05, 3.63) is 23.8 Å². The van der Waals surface area contributed by atoms with E-state index in [0.717, 1.165) is 44.3 Å². The number of nitrogens with zero attached hydrogens (tertiary/aromatic N) is 1. The third-order valence-corrected chi connectivity index (χ3v) is 12.1. The molecular formula is C32H46FNO5. The Labute approximate surface area is 232 Å². The lowest BCUT2D eigenvalue weighted by Crippen LogP contribution is -2.70. The second kappa shape index (κ2) is 9.57. The van der Waals surface area contributed by atoms with Crippen molar-refractivity contribution in [2.45, 2.75) is 115 Å². The van der Waals surface area contributed by atoms with Crippen LogP contribution in [0.5, 0.6) is 0 Å². The maximum Gasteiger partial charge on any atom is 0.181 e. The van der Waals surface area contributed by atoms with E-state index in [1.54, 1.807) is 12.2 Å². The maximum absolute atomic E-state index is 17.6. The molecule has 1 aliphatic heterocycles. The predicted octanol–water partition coefficient (Wildman–Crippen LogP) is 4.94. The van der Waals surface area contributed by atoms with Gasteiger partial charge in [0.05, 0.1) is 18.8 Å². The molecule has 0 unspecified atom stereocenters. The number of aliphatic hydroxyl groups is 1. The summed E-state index contributed by atoms with van der Waals surface area (Å²) in [6.07, 6.45) is 9.99. The summed E-state index contributed by atoms with van der Waals surface area (Å²) in [5, 5.41) is 11.8. The number of fused-ring (bicyclic) bond motifs is 7. The molecule has 0 amide bonds. The van der Waals surface area contributed by atoms with E-state index >= 15 is 4.39 Å². The predicted molar refractivity (Wildman–Crippen MR) is 146 cm³/mol. The first-order valence-electron chi connectivity index (χ1n) is 15.4. The number of likely N-dealkylation sites (N-methyl/N-ethyl adjacent to an activating group) is 1. The van der Waals surface area contributed by atoms with E-state index in [1.165, 1.54) is 12.5 Å². The van der Waals surface area contributed by atoms with E-state index in [0.29, 0.717) is 19.3 Å². The van der Waals surface area contributed by atoms with E-state index in [1.807, 2.05) is 6.92 Å². The van der Waals surface area contributed by atoms with E-state index in [4.69, 9.17) is 9.47 Å². The van der Waals surface area contributed by atoms with E-state index < -0.39 is 46.5 Å². The lowest BCUT2D eigenvalue weighted by atomic mass is 9.44. The quantitative estimate of drug-likeness (QED) is 0.512. The van der Waals surface area contributed by atoms with Crippen LogP contribution in [0, 0.1) is 28.6 Å². The number of hydrogen-bond acceptors (Lipinski definition) is 6. The molecule has 216 valence electrons. The SMILES string of the molecule is CCN(CC)CC(=O)[C@@]12O[C@H](C3CCCCC3)O[C@@H]1C[C@H]1[C@@H]3CCC4=CC(=O)C=C[C@]4(C)[C@@]3(F)[C@@H](O)C[C@@]12C. The minimum absolute atomic E-state index is 0.0174. The minimum Gasteiger partial charge on any atom is -0.390 e. The molecule has 6 rings (SSSR count). The average Bonchev–Trinajstić information content (AvgIpc) is 3.42. The van der Waals surface area contributed by atoms with Gasteiger partial charge in [0.1, 0.15) is 0 Å². The fourth-order valence-corrected chi connectivity index (χ4v) is 9.87. The molecule has 0 radical (unpaired) electrons. The van der Waals surface area contributed by atoms with E-state index in [9.17, 15) is 14.7 Å². The fraction of sp³-hybridized carbons (Fsp3) is 0.812. The highest BCUT2D eigenvalue weighted by atomic mass is 19.1. The Morgan fingerprint density at radius 3 is 2.54 bits per heavy atom. The van der Waals surface area contributed by atoms with Crippen LogP contribution in [0.2, 0.25) is 0 Å². The van der Waals surface area contributed by atoms with Gasteiger partial charge in [0.25, 0.3) is 0 Å². The number of carbonyl (C=O) groups excluding carboxylic acids is 2. The van der Waals surface area contributed by atoms with Crippen molar-refractivity contribution in [1.29, 1.82) is 0 Å². The summed E-state index contributed by atoms with van der Waals surface area (Å²) in [7, 11) is 0. The molecule has 1 saturated heterocycles. The molecule has 0 bridgehead atoms. The molecule has 7 heteroatoms. The molecule has 0 spiro atoms. The van der Waals surface area contributed by atoms with Crippen LogP contribution >= 0.6 is 0 Å². The number of alkyl halides is 1. The van der Waals surface area contributed by atoms with Crippen molar-refractivity contribution in [3.63, 3.8) is 0 Å². The summed E-state index contributed by atoms with van der Waals surface area (Å²) < 4.78 is 31.3. The number of allylic oxidation sites excluding steroid dienone is 4. The second-order valence-corrected chi connectivity index (χ2v) is 13.6. The van der Waals surface area contributed by atoms with Gasteiger partial charge in [-0.2, -0.15) is 0 Å². The Hall–Kier alpha value is -1.41. The van der Waals surface area contributed by atoms with Crippen LogP contribution in [0.25, 0.3) is 0 Å². The largest absolute Gasteiger partial charge is 0.390 e. The van der Waals surface area contributed by atoms with Gasteiger partial charge in [0, 0.05) is 22.7 Å². The first-order valence-corrected chi connectivity index (χ1v) is 15.4. The number of halogens is 1. The molecular weight excluding hydrogens is 497 g/mol. The van der Waals surface area contributed by atoms with Crippen LogP contribution in [0.4, 0.5) is 4.39 Å². The van der Waals surface area contributed by atoms with Crippen molar-refractivity contribution >= 4 is 11.6 Å². The zero-order valence-corrected chi connectivity index (χ0v) is 24.1. The van der Waals surface area contributed by atoms with Gasteiger partial charge < -0.3 is 14.6 Å². The van der Waals surface area contributed by atoms with Gasteiger partial charge in [-0.15, -0.1) is 0 Å². The Balaban J connectivity index is 1.40. The number of carbonyl (C=O) groups is 2. The smallest absolute Gasteiger partial charge is 0.181 e. The number of aliphatic hydroxyl groups excluding tert-OH is 1. The lowest BCUT2D eigenvalue weighted by Gasteiger charge is -2.62. The topological polar surface area (TPSA) is 76.1 Å². The Morgan fingerprint density at radius 2 is 1.85 bits per heavy atom. The number of hydrogen-bond donors (Lipinski definition) is 1. The summed E-state index contributed by atoms with van der Waals surface area (Å²) in [6, 6.07) is 0. The molecule has 0 aromatic rings. The minimum atomic E-state index is -1.93. The van der Waals surface area contributed by atoms with Crippen molar-refractivity contribution in [2.75, 3.05) is 19.6 Å². The highest BCUT2D eigenvalue weighted by Gasteiger charge is 2.79. The summed E-state index contributed by atoms with van der Waals surface area (Å²) >= 11 is 0. The number of rotatable bonds is 6. The molecule has 39 heavy (non-hydrogen) atoms. The normalized spacial score (nSPS) is 47.4. The van der Waals surface area contributed by atoms with Crippen LogP contribution in [-0.4, -0.2) is 71.0 Å². The van der Waals surface area contributed by atoms with Gasteiger partial charge in [0.15, 0.2) is 29.1 Å². The Morgan fingerprint density at radius 1 is 1.13 bits per heavy atom. The third-order valence-electron chi connectivity index (χ3n) is 12.1. The molecule has 6 aliphatic rings. The Bertz CT molecular complexity index is 1080.